The normalized spacial score (nSPS) is 15.7. The molecule has 10 heteroatoms. The van der Waals surface area contributed by atoms with E-state index in [-0.39, 0.29) is 23.3 Å². The minimum Gasteiger partial charge on any atom is -0.340 e. The number of amides is 2. The summed E-state index contributed by atoms with van der Waals surface area (Å²) < 4.78 is 1.54. The zero-order valence-electron chi connectivity index (χ0n) is 18.5. The molecule has 1 fully saturated rings. The van der Waals surface area contributed by atoms with Crippen molar-refractivity contribution in [1.82, 2.24) is 24.5 Å². The fourth-order valence-corrected chi connectivity index (χ4v) is 4.86. The minimum atomic E-state index is -0.636. The van der Waals surface area contributed by atoms with E-state index in [0.717, 1.165) is 5.69 Å². The summed E-state index contributed by atoms with van der Waals surface area (Å²) in [6, 6.07) is 7.73. The third-order valence-corrected chi connectivity index (χ3v) is 6.85. The molecule has 1 aliphatic rings. The van der Waals surface area contributed by atoms with Crippen LogP contribution in [0.3, 0.4) is 0 Å². The van der Waals surface area contributed by atoms with E-state index < -0.39 is 6.04 Å². The van der Waals surface area contributed by atoms with Crippen LogP contribution in [0.15, 0.2) is 46.7 Å². The SMILES string of the molecule is CC(C)[C@H](NC(=O)c1ccccc1Cl)C(=O)N1CCN(Cc2cc(=O)n3ccsc3n2)CC1. The first kappa shape index (κ1) is 23.4. The third kappa shape index (κ3) is 5.26. The number of hydrogen-bond donors (Lipinski definition) is 1. The standard InChI is InChI=1S/C23H26ClN5O3S/c1-15(2)20(26-21(31)17-5-3-4-6-18(17)24)22(32)28-9-7-27(8-10-28)14-16-13-19(30)29-11-12-33-23(29)25-16/h3-6,11-13,15,20H,7-10,14H2,1-2H3,(H,26,31)/t20-/m0/s1. The topological polar surface area (TPSA) is 87.0 Å². The van der Waals surface area contributed by atoms with Crippen molar-refractivity contribution in [3.8, 4) is 0 Å². The Kier molecular flexibility index (Phi) is 7.11. The lowest BCUT2D eigenvalue weighted by molar-refractivity contribution is -0.136. The van der Waals surface area contributed by atoms with Crippen LogP contribution in [-0.2, 0) is 11.3 Å². The molecule has 174 valence electrons. The Morgan fingerprint density at radius 2 is 1.91 bits per heavy atom. The Morgan fingerprint density at radius 3 is 2.61 bits per heavy atom. The number of carbonyl (C=O) groups excluding carboxylic acids is 2. The second-order valence-corrected chi connectivity index (χ2v) is 9.70. The molecule has 1 N–H and O–H groups in total. The van der Waals surface area contributed by atoms with Crippen molar-refractivity contribution in [2.75, 3.05) is 26.2 Å². The number of aromatic nitrogens is 2. The molecular weight excluding hydrogens is 462 g/mol. The van der Waals surface area contributed by atoms with Crippen LogP contribution in [0.2, 0.25) is 5.02 Å². The summed E-state index contributed by atoms with van der Waals surface area (Å²) in [4.78, 5) is 47.4. The number of piperazine rings is 1. The van der Waals surface area contributed by atoms with Crippen LogP contribution >= 0.6 is 22.9 Å². The Bertz CT molecular complexity index is 1220. The number of thiazole rings is 1. The predicted molar refractivity (Wildman–Crippen MR) is 129 cm³/mol. The lowest BCUT2D eigenvalue weighted by Crippen LogP contribution is -2.56. The quantitative estimate of drug-likeness (QED) is 0.577. The molecule has 0 saturated carbocycles. The summed E-state index contributed by atoms with van der Waals surface area (Å²) >= 11 is 7.57. The smallest absolute Gasteiger partial charge is 0.258 e. The number of nitrogens with one attached hydrogen (secondary N) is 1. The Morgan fingerprint density at radius 1 is 1.18 bits per heavy atom. The summed E-state index contributed by atoms with van der Waals surface area (Å²) in [6.07, 6.45) is 1.72. The molecule has 8 nitrogen and oxygen atoms in total. The fraction of sp³-hybridized carbons (Fsp3) is 0.391. The van der Waals surface area contributed by atoms with E-state index in [1.165, 1.54) is 15.7 Å². The van der Waals surface area contributed by atoms with Crippen LogP contribution in [0.5, 0.6) is 0 Å². The maximum atomic E-state index is 13.2. The molecule has 2 amide bonds. The van der Waals surface area contributed by atoms with Gasteiger partial charge in [-0.3, -0.25) is 23.7 Å². The number of fused-ring (bicyclic) bond motifs is 1. The molecule has 0 bridgehead atoms. The van der Waals surface area contributed by atoms with Crippen LogP contribution < -0.4 is 10.9 Å². The molecular formula is C23H26ClN5O3S. The van der Waals surface area contributed by atoms with Gasteiger partial charge in [0.1, 0.15) is 6.04 Å². The van der Waals surface area contributed by atoms with Gasteiger partial charge in [-0.1, -0.05) is 37.6 Å². The van der Waals surface area contributed by atoms with E-state index in [0.29, 0.717) is 48.3 Å². The van der Waals surface area contributed by atoms with Crippen LogP contribution in [0.4, 0.5) is 0 Å². The van der Waals surface area contributed by atoms with Gasteiger partial charge in [-0.25, -0.2) is 4.98 Å². The highest BCUT2D eigenvalue weighted by Gasteiger charge is 2.31. The van der Waals surface area contributed by atoms with Gasteiger partial charge in [0.2, 0.25) is 5.91 Å². The average Bonchev–Trinajstić information content (AvgIpc) is 3.27. The Hall–Kier alpha value is -2.75. The van der Waals surface area contributed by atoms with Crippen LogP contribution in [0.1, 0.15) is 29.9 Å². The van der Waals surface area contributed by atoms with E-state index in [4.69, 9.17) is 11.6 Å². The molecule has 1 saturated heterocycles. The molecule has 1 aliphatic heterocycles. The van der Waals surface area contributed by atoms with Gasteiger partial charge in [0.05, 0.1) is 16.3 Å². The minimum absolute atomic E-state index is 0.0725. The molecule has 3 heterocycles. The lowest BCUT2D eigenvalue weighted by Gasteiger charge is -2.37. The maximum absolute atomic E-state index is 13.2. The molecule has 0 radical (unpaired) electrons. The first-order valence-electron chi connectivity index (χ1n) is 10.9. The molecule has 0 aliphatic carbocycles. The summed E-state index contributed by atoms with van der Waals surface area (Å²) in [6.45, 7) is 6.81. The molecule has 1 aromatic carbocycles. The van der Waals surface area contributed by atoms with Crippen LogP contribution in [-0.4, -0.2) is 63.2 Å². The van der Waals surface area contributed by atoms with E-state index in [9.17, 15) is 14.4 Å². The van der Waals surface area contributed by atoms with Gasteiger partial charge < -0.3 is 10.2 Å². The molecule has 3 aromatic rings. The van der Waals surface area contributed by atoms with E-state index >= 15 is 0 Å². The van der Waals surface area contributed by atoms with Crippen molar-refractivity contribution in [2.45, 2.75) is 26.4 Å². The van der Waals surface area contributed by atoms with E-state index in [2.05, 4.69) is 15.2 Å². The monoisotopic (exact) mass is 487 g/mol. The number of rotatable bonds is 6. The number of nitrogens with zero attached hydrogens (tertiary/aromatic N) is 4. The van der Waals surface area contributed by atoms with Crippen molar-refractivity contribution in [3.05, 3.63) is 68.5 Å². The van der Waals surface area contributed by atoms with Gasteiger partial charge in [-0.05, 0) is 18.1 Å². The van der Waals surface area contributed by atoms with Crippen LogP contribution in [0, 0.1) is 5.92 Å². The van der Waals surface area contributed by atoms with Gasteiger partial charge in [0, 0.05) is 50.4 Å². The van der Waals surface area contributed by atoms with Crippen molar-refractivity contribution in [2.24, 2.45) is 5.92 Å². The van der Waals surface area contributed by atoms with Gasteiger partial charge in [-0.15, -0.1) is 11.3 Å². The lowest BCUT2D eigenvalue weighted by atomic mass is 10.0. The molecule has 0 unspecified atom stereocenters. The highest BCUT2D eigenvalue weighted by atomic mass is 35.5. The van der Waals surface area contributed by atoms with Gasteiger partial charge in [0.25, 0.3) is 11.5 Å². The Balaban J connectivity index is 1.37. The summed E-state index contributed by atoms with van der Waals surface area (Å²) in [5, 5.41) is 5.06. The van der Waals surface area contributed by atoms with Gasteiger partial charge >= 0.3 is 0 Å². The maximum Gasteiger partial charge on any atom is 0.258 e. The summed E-state index contributed by atoms with van der Waals surface area (Å²) in [5.74, 6) is -0.522. The first-order valence-corrected chi connectivity index (χ1v) is 12.1. The molecule has 4 rings (SSSR count). The van der Waals surface area contributed by atoms with Gasteiger partial charge in [0.15, 0.2) is 4.96 Å². The number of halogens is 1. The average molecular weight is 488 g/mol. The zero-order valence-corrected chi connectivity index (χ0v) is 20.1. The van der Waals surface area contributed by atoms with Crippen molar-refractivity contribution in [1.29, 1.82) is 0 Å². The molecule has 2 aromatic heterocycles. The molecule has 33 heavy (non-hydrogen) atoms. The predicted octanol–water partition coefficient (Wildman–Crippen LogP) is 2.51. The highest BCUT2D eigenvalue weighted by molar-refractivity contribution is 7.15. The second kappa shape index (κ2) is 10.0. The van der Waals surface area contributed by atoms with Crippen LogP contribution in [0.25, 0.3) is 4.96 Å². The number of hydrogen-bond acceptors (Lipinski definition) is 6. The molecule has 1 atom stereocenters. The fourth-order valence-electron chi connectivity index (χ4n) is 3.90. The largest absolute Gasteiger partial charge is 0.340 e. The summed E-state index contributed by atoms with van der Waals surface area (Å²) in [7, 11) is 0. The number of carbonyl (C=O) groups is 2. The molecule has 0 spiro atoms. The van der Waals surface area contributed by atoms with Crippen molar-refractivity contribution < 1.29 is 9.59 Å². The van der Waals surface area contributed by atoms with Crippen molar-refractivity contribution in [3.63, 3.8) is 0 Å². The highest BCUT2D eigenvalue weighted by Crippen LogP contribution is 2.17. The van der Waals surface area contributed by atoms with Crippen molar-refractivity contribution >= 4 is 39.7 Å². The number of benzene rings is 1. The zero-order chi connectivity index (χ0) is 23.5. The third-order valence-electron chi connectivity index (χ3n) is 5.76. The van der Waals surface area contributed by atoms with E-state index in [1.807, 2.05) is 19.2 Å². The van der Waals surface area contributed by atoms with Gasteiger partial charge in [-0.2, -0.15) is 0 Å². The Labute approximate surface area is 200 Å². The van der Waals surface area contributed by atoms with E-state index in [1.54, 1.807) is 41.4 Å². The second-order valence-electron chi connectivity index (χ2n) is 8.42. The first-order chi connectivity index (χ1) is 15.8. The summed E-state index contributed by atoms with van der Waals surface area (Å²) in [5.41, 5.74) is 1.00.